The van der Waals surface area contributed by atoms with Crippen molar-refractivity contribution in [3.63, 3.8) is 0 Å². The fourth-order valence-corrected chi connectivity index (χ4v) is 5.96. The first-order chi connectivity index (χ1) is 24.4. The number of halogens is 2. The second-order valence-corrected chi connectivity index (χ2v) is 13.9. The van der Waals surface area contributed by atoms with Crippen LogP contribution in [0.2, 0.25) is 5.02 Å². The van der Waals surface area contributed by atoms with Crippen molar-refractivity contribution in [1.82, 2.24) is 20.9 Å². The Kier molecular flexibility index (Phi) is 12.2. The minimum Gasteiger partial charge on any atom is -0.457 e. The molecule has 0 aliphatic rings. The molecule has 0 radical (unpaired) electrons. The van der Waals surface area contributed by atoms with Gasteiger partial charge in [0.15, 0.2) is 0 Å². The third kappa shape index (κ3) is 10.2. The first-order valence-corrected chi connectivity index (χ1v) is 17.6. The van der Waals surface area contributed by atoms with Crippen molar-refractivity contribution in [2.75, 3.05) is 0 Å². The Labute approximate surface area is 305 Å². The van der Waals surface area contributed by atoms with Gasteiger partial charge < -0.3 is 20.1 Å². The van der Waals surface area contributed by atoms with Crippen LogP contribution >= 0.6 is 22.9 Å². The van der Waals surface area contributed by atoms with Gasteiger partial charge in [-0.2, -0.15) is 0 Å². The molecule has 0 saturated heterocycles. The number of carbonyl (C=O) groups excluding carboxylic acids is 3. The lowest BCUT2D eigenvalue weighted by Crippen LogP contribution is -2.45. The number of nitrogens with one attached hydrogen (secondary N) is 3. The van der Waals surface area contributed by atoms with Crippen LogP contribution in [0.5, 0.6) is 11.5 Å². The van der Waals surface area contributed by atoms with E-state index in [0.717, 1.165) is 16.1 Å². The number of benzene rings is 4. The molecule has 3 N–H and O–H groups in total. The van der Waals surface area contributed by atoms with Gasteiger partial charge in [-0.25, -0.2) is 14.2 Å². The molecular weight excluding hydrogens is 691 g/mol. The van der Waals surface area contributed by atoms with Gasteiger partial charge in [0.2, 0.25) is 5.91 Å². The lowest BCUT2D eigenvalue weighted by molar-refractivity contribution is -0.122. The molecule has 4 aromatic carbocycles. The largest absolute Gasteiger partial charge is 0.457 e. The van der Waals surface area contributed by atoms with E-state index in [1.54, 1.807) is 101 Å². The summed E-state index contributed by atoms with van der Waals surface area (Å²) in [7, 11) is 0. The van der Waals surface area contributed by atoms with Crippen LogP contribution in [0.15, 0.2) is 96.5 Å². The van der Waals surface area contributed by atoms with Crippen molar-refractivity contribution in [2.24, 2.45) is 0 Å². The highest BCUT2D eigenvalue weighted by atomic mass is 35.5. The molecule has 0 saturated carbocycles. The Balaban J connectivity index is 1.43. The third-order valence-electron chi connectivity index (χ3n) is 7.60. The number of carbonyl (C=O) groups is 3. The lowest BCUT2D eigenvalue weighted by Gasteiger charge is -2.20. The fourth-order valence-electron chi connectivity index (χ4n) is 5.17. The summed E-state index contributed by atoms with van der Waals surface area (Å²) in [5.74, 6) is -0.729. The zero-order chi connectivity index (χ0) is 36.5. The number of hydrogen-bond donors (Lipinski definition) is 3. The monoisotopic (exact) mass is 728 g/mol. The van der Waals surface area contributed by atoms with Gasteiger partial charge in [-0.3, -0.25) is 14.9 Å². The Morgan fingerprint density at radius 3 is 2.47 bits per heavy atom. The van der Waals surface area contributed by atoms with E-state index >= 15 is 0 Å². The predicted octanol–water partition coefficient (Wildman–Crippen LogP) is 8.91. The zero-order valence-corrected chi connectivity index (χ0v) is 30.2. The summed E-state index contributed by atoms with van der Waals surface area (Å²) < 4.78 is 25.9. The van der Waals surface area contributed by atoms with Crippen LogP contribution in [0.1, 0.15) is 55.6 Å². The van der Waals surface area contributed by atoms with Gasteiger partial charge in [0.1, 0.15) is 27.9 Å². The molecule has 0 bridgehead atoms. The minimum atomic E-state index is -0.752. The summed E-state index contributed by atoms with van der Waals surface area (Å²) in [6.07, 6.45) is 1.52. The van der Waals surface area contributed by atoms with Gasteiger partial charge in [-0.1, -0.05) is 54.9 Å². The molecule has 3 amide bonds. The molecule has 5 aromatic rings. The number of amides is 3. The number of nitrogens with zero attached hydrogens (tertiary/aromatic N) is 1. The topological polar surface area (TPSA) is 119 Å². The van der Waals surface area contributed by atoms with Gasteiger partial charge >= 0.3 is 6.09 Å². The molecule has 9 nitrogen and oxygen atoms in total. The van der Waals surface area contributed by atoms with Crippen molar-refractivity contribution in [3.8, 4) is 33.2 Å². The van der Waals surface area contributed by atoms with Gasteiger partial charge in [-0.05, 0) is 80.8 Å². The van der Waals surface area contributed by atoms with Crippen molar-refractivity contribution >= 4 is 40.8 Å². The average Bonchev–Trinajstić information content (AvgIpc) is 3.63. The molecule has 0 aliphatic carbocycles. The number of ether oxygens (including phenoxy) is 2. The van der Waals surface area contributed by atoms with Crippen LogP contribution in [0, 0.1) is 5.82 Å². The molecular formula is C39H38ClFN4O5S. The van der Waals surface area contributed by atoms with Crippen molar-refractivity contribution in [1.29, 1.82) is 0 Å². The first-order valence-electron chi connectivity index (χ1n) is 16.3. The normalized spacial score (nSPS) is 11.8. The van der Waals surface area contributed by atoms with Crippen LogP contribution < -0.4 is 20.7 Å². The van der Waals surface area contributed by atoms with Crippen molar-refractivity contribution in [2.45, 2.75) is 58.8 Å². The summed E-state index contributed by atoms with van der Waals surface area (Å²) in [6, 6.07) is 23.0. The number of thiazole rings is 1. The molecule has 12 heteroatoms. The number of imide groups is 1. The maximum Gasteiger partial charge on any atom is 0.407 e. The van der Waals surface area contributed by atoms with Crippen LogP contribution in [-0.2, 0) is 22.6 Å². The molecule has 0 spiro atoms. The highest BCUT2D eigenvalue weighted by Gasteiger charge is 2.24. The molecule has 0 aliphatic heterocycles. The number of aromatic nitrogens is 1. The van der Waals surface area contributed by atoms with Crippen LogP contribution in [0.3, 0.4) is 0 Å². The number of rotatable bonds is 12. The molecule has 1 heterocycles. The lowest BCUT2D eigenvalue weighted by atomic mass is 9.95. The van der Waals surface area contributed by atoms with E-state index in [1.807, 2.05) is 17.5 Å². The summed E-state index contributed by atoms with van der Waals surface area (Å²) >= 11 is 7.90. The zero-order valence-electron chi connectivity index (χ0n) is 28.6. The first kappa shape index (κ1) is 37.2. The summed E-state index contributed by atoms with van der Waals surface area (Å²) in [4.78, 5) is 43.8. The highest BCUT2D eigenvalue weighted by Crippen LogP contribution is 2.39. The predicted molar refractivity (Wildman–Crippen MR) is 197 cm³/mol. The van der Waals surface area contributed by atoms with Crippen molar-refractivity contribution < 1.29 is 28.2 Å². The van der Waals surface area contributed by atoms with E-state index in [1.165, 1.54) is 17.4 Å². The molecule has 5 rings (SSSR count). The summed E-state index contributed by atoms with van der Waals surface area (Å²) in [5, 5.41) is 11.3. The quantitative estimate of drug-likeness (QED) is 0.117. The van der Waals surface area contributed by atoms with Gasteiger partial charge in [0.05, 0.1) is 6.04 Å². The van der Waals surface area contributed by atoms with E-state index in [0.29, 0.717) is 39.6 Å². The van der Waals surface area contributed by atoms with E-state index in [-0.39, 0.29) is 24.5 Å². The van der Waals surface area contributed by atoms with E-state index < -0.39 is 29.6 Å². The van der Waals surface area contributed by atoms with Gasteiger partial charge in [0.25, 0.3) is 5.91 Å². The Bertz CT molecular complexity index is 2020. The SMILES string of the molecule is CCC(NCc1ccccc1F)C(=O)NC(=O)c1ccc(-c2nccs2)cc1-c1ccc(Cl)cc1Oc1cccc(CNC(=O)OC(C)(C)C)c1. The maximum absolute atomic E-state index is 14.2. The van der Waals surface area contributed by atoms with Crippen molar-refractivity contribution in [3.05, 3.63) is 124 Å². The van der Waals surface area contributed by atoms with Gasteiger partial charge in [-0.15, -0.1) is 11.3 Å². The van der Waals surface area contributed by atoms with Crippen LogP contribution in [-0.4, -0.2) is 34.5 Å². The third-order valence-corrected chi connectivity index (χ3v) is 8.65. The molecule has 1 unspecified atom stereocenters. The smallest absolute Gasteiger partial charge is 0.407 e. The highest BCUT2D eigenvalue weighted by molar-refractivity contribution is 7.13. The van der Waals surface area contributed by atoms with Gasteiger partial charge in [0, 0.05) is 58.0 Å². The molecule has 0 fully saturated rings. The molecule has 264 valence electrons. The van der Waals surface area contributed by atoms with E-state index in [9.17, 15) is 18.8 Å². The summed E-state index contributed by atoms with van der Waals surface area (Å²) in [6.45, 7) is 7.49. The van der Waals surface area contributed by atoms with E-state index in [4.69, 9.17) is 21.1 Å². The second kappa shape index (κ2) is 16.7. The minimum absolute atomic E-state index is 0.115. The fraction of sp³-hybridized carbons (Fsp3) is 0.231. The standard InChI is InChI=1S/C39H38ClFN4O5S/c1-5-33(43-23-26-10-6-7-12-32(26)41)36(47)45-35(46)30-15-13-25(37-42-17-18-51-37)20-31(30)29-16-14-27(40)21-34(29)49-28-11-8-9-24(19-28)22-44-38(48)50-39(2,3)4/h6-21,33,43H,5,22-23H2,1-4H3,(H,44,48)(H,45,46,47). The second-order valence-electron chi connectivity index (χ2n) is 12.6. The number of hydrogen-bond acceptors (Lipinski definition) is 8. The molecule has 1 atom stereocenters. The Morgan fingerprint density at radius 2 is 1.75 bits per heavy atom. The Hall–Kier alpha value is -5.10. The molecule has 51 heavy (non-hydrogen) atoms. The molecule has 1 aromatic heterocycles. The van der Waals surface area contributed by atoms with Crippen LogP contribution in [0.4, 0.5) is 9.18 Å². The average molecular weight is 729 g/mol. The van der Waals surface area contributed by atoms with E-state index in [2.05, 4.69) is 20.9 Å². The number of alkyl carbamates (subject to hydrolysis) is 1. The Morgan fingerprint density at radius 1 is 0.941 bits per heavy atom. The maximum atomic E-state index is 14.2. The summed E-state index contributed by atoms with van der Waals surface area (Å²) in [5.41, 5.74) is 2.55. The van der Waals surface area contributed by atoms with Crippen LogP contribution in [0.25, 0.3) is 21.7 Å².